The van der Waals surface area contributed by atoms with Crippen molar-refractivity contribution < 1.29 is 37.4 Å². The fourth-order valence-electron chi connectivity index (χ4n) is 3.99. The van der Waals surface area contributed by atoms with Crippen LogP contribution >= 0.6 is 0 Å². The fraction of sp³-hybridized carbons (Fsp3) is 0.269. The Kier molecular flexibility index (Phi) is 6.68. The Hall–Kier alpha value is -4.18. The Morgan fingerprint density at radius 1 is 1.03 bits per heavy atom. The van der Waals surface area contributed by atoms with E-state index in [-0.39, 0.29) is 48.6 Å². The summed E-state index contributed by atoms with van der Waals surface area (Å²) in [5.41, 5.74) is 0.663. The molecular weight excluding hydrogens is 471 g/mol. The van der Waals surface area contributed by atoms with Crippen LogP contribution in [0.4, 0.5) is 10.1 Å². The average molecular weight is 494 g/mol. The van der Waals surface area contributed by atoms with Crippen LogP contribution in [0.1, 0.15) is 26.7 Å². The molecule has 1 fully saturated rings. The van der Waals surface area contributed by atoms with Gasteiger partial charge in [-0.3, -0.25) is 19.3 Å². The van der Waals surface area contributed by atoms with Gasteiger partial charge in [0, 0.05) is 18.7 Å². The van der Waals surface area contributed by atoms with Crippen molar-refractivity contribution in [3.63, 3.8) is 0 Å². The summed E-state index contributed by atoms with van der Waals surface area (Å²) in [6.07, 6.45) is 0. The number of para-hydroxylation sites is 1. The van der Waals surface area contributed by atoms with E-state index in [2.05, 4.69) is 0 Å². The van der Waals surface area contributed by atoms with E-state index in [1.54, 1.807) is 35.2 Å². The zero-order valence-corrected chi connectivity index (χ0v) is 19.3. The number of ketones is 1. The highest BCUT2D eigenvalue weighted by molar-refractivity contribution is 6.02. The maximum absolute atomic E-state index is 13.8. The third-order valence-electron chi connectivity index (χ3n) is 5.90. The van der Waals surface area contributed by atoms with Crippen LogP contribution in [-0.4, -0.2) is 62.0 Å². The lowest BCUT2D eigenvalue weighted by atomic mass is 10.1. The van der Waals surface area contributed by atoms with E-state index in [1.807, 2.05) is 0 Å². The van der Waals surface area contributed by atoms with Gasteiger partial charge in [0.25, 0.3) is 11.8 Å². The third-order valence-corrected chi connectivity index (χ3v) is 5.90. The molecule has 0 aliphatic carbocycles. The van der Waals surface area contributed by atoms with Crippen LogP contribution in [0.25, 0.3) is 0 Å². The number of rotatable bonds is 7. The van der Waals surface area contributed by atoms with Gasteiger partial charge in [-0.25, -0.2) is 4.39 Å². The first-order chi connectivity index (χ1) is 17.5. The van der Waals surface area contributed by atoms with Crippen LogP contribution < -0.4 is 14.4 Å². The van der Waals surface area contributed by atoms with Gasteiger partial charge >= 0.3 is 0 Å². The number of morpholine rings is 1. The Morgan fingerprint density at radius 2 is 1.83 bits per heavy atom. The third kappa shape index (κ3) is 4.94. The minimum atomic E-state index is -0.564. The van der Waals surface area contributed by atoms with E-state index in [9.17, 15) is 18.8 Å². The smallest absolute Gasteiger partial charge is 0.289 e. The number of benzene rings is 2. The lowest BCUT2D eigenvalue weighted by Gasteiger charge is -2.29. The van der Waals surface area contributed by atoms with Crippen LogP contribution in [0.2, 0.25) is 0 Å². The first-order valence-corrected chi connectivity index (χ1v) is 11.4. The van der Waals surface area contributed by atoms with Crippen LogP contribution in [0.15, 0.2) is 59.0 Å². The monoisotopic (exact) mass is 494 g/mol. The maximum atomic E-state index is 13.8. The number of nitrogens with zero attached hydrogens (tertiary/aromatic N) is 2. The summed E-state index contributed by atoms with van der Waals surface area (Å²) >= 11 is 0. The second kappa shape index (κ2) is 10.2. The van der Waals surface area contributed by atoms with E-state index in [0.717, 1.165) is 0 Å². The number of fused-ring (bicyclic) bond motifs is 1. The second-order valence-corrected chi connectivity index (χ2v) is 8.26. The second-order valence-electron chi connectivity index (χ2n) is 8.26. The Bertz CT molecular complexity index is 1300. The molecule has 3 heterocycles. The highest BCUT2D eigenvalue weighted by Crippen LogP contribution is 2.34. The van der Waals surface area contributed by atoms with Gasteiger partial charge in [0.05, 0.1) is 25.4 Å². The van der Waals surface area contributed by atoms with Gasteiger partial charge in [0.1, 0.15) is 11.5 Å². The molecule has 1 saturated heterocycles. The zero-order chi connectivity index (χ0) is 25.1. The van der Waals surface area contributed by atoms with Gasteiger partial charge in [-0.1, -0.05) is 12.1 Å². The number of carbonyl (C=O) groups excluding carboxylic acids is 3. The van der Waals surface area contributed by atoms with E-state index in [1.165, 1.54) is 29.2 Å². The molecule has 9 nitrogen and oxygen atoms in total. The number of amides is 2. The molecule has 2 aliphatic heterocycles. The molecule has 0 saturated carbocycles. The number of hydrogen-bond acceptors (Lipinski definition) is 7. The normalized spacial score (nSPS) is 15.3. The van der Waals surface area contributed by atoms with E-state index in [4.69, 9.17) is 18.6 Å². The molecule has 2 aliphatic rings. The fourth-order valence-corrected chi connectivity index (χ4v) is 3.99. The number of hydrogen-bond donors (Lipinski definition) is 0. The molecule has 0 radical (unpaired) electrons. The average Bonchev–Trinajstić information content (AvgIpc) is 3.38. The molecule has 0 spiro atoms. The van der Waals surface area contributed by atoms with Gasteiger partial charge in [-0.2, -0.15) is 0 Å². The van der Waals surface area contributed by atoms with Crippen LogP contribution in [0, 0.1) is 5.82 Å². The Balaban J connectivity index is 1.31. The number of carbonyl (C=O) groups is 3. The van der Waals surface area contributed by atoms with Crippen LogP contribution in [0.5, 0.6) is 11.5 Å². The minimum Gasteiger partial charge on any atom is -0.482 e. The summed E-state index contributed by atoms with van der Waals surface area (Å²) in [6.45, 7) is 1.43. The van der Waals surface area contributed by atoms with Crippen LogP contribution in [0.3, 0.4) is 0 Å². The summed E-state index contributed by atoms with van der Waals surface area (Å²) in [5, 5.41) is 0. The summed E-state index contributed by atoms with van der Waals surface area (Å²) in [4.78, 5) is 41.2. The number of furan rings is 1. The van der Waals surface area contributed by atoms with E-state index < -0.39 is 11.6 Å². The number of anilines is 1. The van der Waals surface area contributed by atoms with Gasteiger partial charge in [0.2, 0.25) is 0 Å². The lowest BCUT2D eigenvalue weighted by Crippen LogP contribution is -2.40. The Morgan fingerprint density at radius 3 is 2.64 bits per heavy atom. The van der Waals surface area contributed by atoms with Crippen LogP contribution in [-0.2, 0) is 16.1 Å². The quantitative estimate of drug-likeness (QED) is 0.466. The van der Waals surface area contributed by atoms with Gasteiger partial charge in [0.15, 0.2) is 36.3 Å². The molecule has 1 aromatic heterocycles. The molecule has 5 rings (SSSR count). The van der Waals surface area contributed by atoms with Crippen molar-refractivity contribution in [2.75, 3.05) is 44.4 Å². The summed E-state index contributed by atoms with van der Waals surface area (Å²) in [6, 6.07) is 13.7. The highest BCUT2D eigenvalue weighted by Gasteiger charge is 2.29. The molecule has 3 aromatic rings. The SMILES string of the molecule is O=C(COc1ccccc1F)c1ccc2c(c1)N(Cc1ccc(C(=O)N3CCOCC3)o1)C(=O)CO2. The first-order valence-electron chi connectivity index (χ1n) is 11.4. The van der Waals surface area contributed by atoms with Crippen molar-refractivity contribution in [1.82, 2.24) is 4.90 Å². The predicted molar refractivity (Wildman–Crippen MR) is 125 cm³/mol. The molecule has 2 amide bonds. The Labute approximate surface area is 205 Å². The maximum Gasteiger partial charge on any atom is 0.289 e. The predicted octanol–water partition coefficient (Wildman–Crippen LogP) is 3.08. The lowest BCUT2D eigenvalue weighted by molar-refractivity contribution is -0.121. The zero-order valence-electron chi connectivity index (χ0n) is 19.3. The molecule has 10 heteroatoms. The standard InChI is InChI=1S/C26H23FN2O7/c27-19-3-1-2-4-22(19)34-15-21(30)17-5-7-23-20(13-17)29(25(31)16-35-23)14-18-6-8-24(36-18)26(32)28-9-11-33-12-10-28/h1-8,13H,9-12,14-16H2. The van der Waals surface area contributed by atoms with E-state index >= 15 is 0 Å². The minimum absolute atomic E-state index is 0.0239. The molecule has 186 valence electrons. The largest absolute Gasteiger partial charge is 0.482 e. The number of Topliss-reactive ketones (excluding diaryl/α,β-unsaturated/α-hetero) is 1. The topological polar surface area (TPSA) is 98.5 Å². The summed E-state index contributed by atoms with van der Waals surface area (Å²) < 4.78 is 35.7. The molecule has 0 bridgehead atoms. The molecule has 36 heavy (non-hydrogen) atoms. The molecule has 2 aromatic carbocycles. The van der Waals surface area contributed by atoms with Crippen molar-refractivity contribution in [3.8, 4) is 11.5 Å². The molecular formula is C26H23FN2O7. The summed E-state index contributed by atoms with van der Waals surface area (Å²) in [5.74, 6) is -0.523. The van der Waals surface area contributed by atoms with Gasteiger partial charge < -0.3 is 23.5 Å². The van der Waals surface area contributed by atoms with Crippen molar-refractivity contribution in [1.29, 1.82) is 0 Å². The van der Waals surface area contributed by atoms with E-state index in [0.29, 0.717) is 43.5 Å². The number of halogens is 1. The molecule has 0 unspecified atom stereocenters. The molecule has 0 N–H and O–H groups in total. The number of ether oxygens (including phenoxy) is 3. The first kappa shape index (κ1) is 23.6. The van der Waals surface area contributed by atoms with Crippen molar-refractivity contribution in [3.05, 3.63) is 77.5 Å². The van der Waals surface area contributed by atoms with Gasteiger partial charge in [-0.15, -0.1) is 0 Å². The molecule has 0 atom stereocenters. The van der Waals surface area contributed by atoms with Crippen molar-refractivity contribution in [2.24, 2.45) is 0 Å². The highest BCUT2D eigenvalue weighted by atomic mass is 19.1. The van der Waals surface area contributed by atoms with Crippen molar-refractivity contribution in [2.45, 2.75) is 6.54 Å². The summed E-state index contributed by atoms with van der Waals surface area (Å²) in [7, 11) is 0. The van der Waals surface area contributed by atoms with Gasteiger partial charge in [-0.05, 0) is 42.5 Å². The van der Waals surface area contributed by atoms with Crippen molar-refractivity contribution >= 4 is 23.3 Å².